The van der Waals surface area contributed by atoms with Gasteiger partial charge in [-0.15, -0.1) is 0 Å². The molecule has 0 aliphatic heterocycles. The van der Waals surface area contributed by atoms with Crippen molar-refractivity contribution < 1.29 is 19.4 Å². The van der Waals surface area contributed by atoms with Crippen LogP contribution in [0, 0.1) is 5.92 Å². The minimum absolute atomic E-state index is 0.134. The van der Waals surface area contributed by atoms with Gasteiger partial charge in [0, 0.05) is 6.04 Å². The second kappa shape index (κ2) is 7.82. The molecule has 1 amide bonds. The van der Waals surface area contributed by atoms with Gasteiger partial charge in [-0.2, -0.15) is 0 Å². The van der Waals surface area contributed by atoms with Crippen LogP contribution in [0.2, 0.25) is 0 Å². The third-order valence-corrected chi connectivity index (χ3v) is 3.92. The first-order chi connectivity index (χ1) is 10.6. The summed E-state index contributed by atoms with van der Waals surface area (Å²) in [6, 6.07) is 7.22. The van der Waals surface area contributed by atoms with Gasteiger partial charge in [0.1, 0.15) is 5.75 Å². The number of carboxylic acids is 1. The number of nitrogens with one attached hydrogen (secondary N) is 1. The number of carboxylic acid groups (broad SMARTS) is 1. The third kappa shape index (κ3) is 4.48. The molecule has 1 aliphatic carbocycles. The normalized spacial score (nSPS) is 20.6. The first-order valence-electron chi connectivity index (χ1n) is 7.84. The maximum absolute atomic E-state index is 12.1. The number of carbonyl (C=O) groups excluding carboxylic acids is 1. The van der Waals surface area contributed by atoms with Crippen LogP contribution in [0.25, 0.3) is 0 Å². The zero-order chi connectivity index (χ0) is 15.9. The standard InChI is InChI=1S/C17H23NO4/c1-2-9-22-13-6-3-5-12(10-13)11-16(19)18-15-8-4-7-14(15)17(20)21/h3,5-6,10,14-15H,2,4,7-9,11H2,1H3,(H,18,19)(H,20,21)/t14-,15+/m0/s1. The van der Waals surface area contributed by atoms with E-state index in [0.717, 1.165) is 30.6 Å². The van der Waals surface area contributed by atoms with E-state index in [1.54, 1.807) is 0 Å². The Kier molecular flexibility index (Phi) is 5.81. The number of benzene rings is 1. The largest absolute Gasteiger partial charge is 0.494 e. The molecule has 1 aromatic rings. The summed E-state index contributed by atoms with van der Waals surface area (Å²) in [5.41, 5.74) is 0.871. The van der Waals surface area contributed by atoms with Gasteiger partial charge < -0.3 is 15.2 Å². The quantitative estimate of drug-likeness (QED) is 0.811. The Morgan fingerprint density at radius 3 is 2.91 bits per heavy atom. The molecule has 0 radical (unpaired) electrons. The first-order valence-corrected chi connectivity index (χ1v) is 7.84. The second-order valence-electron chi connectivity index (χ2n) is 5.72. The van der Waals surface area contributed by atoms with E-state index in [9.17, 15) is 9.59 Å². The molecule has 0 unspecified atom stereocenters. The van der Waals surface area contributed by atoms with Crippen molar-refractivity contribution in [3.8, 4) is 5.75 Å². The average Bonchev–Trinajstić information content (AvgIpc) is 2.93. The van der Waals surface area contributed by atoms with Gasteiger partial charge in [-0.1, -0.05) is 25.5 Å². The van der Waals surface area contributed by atoms with Crippen molar-refractivity contribution in [1.82, 2.24) is 5.32 Å². The van der Waals surface area contributed by atoms with Crippen LogP contribution in [0.5, 0.6) is 5.75 Å². The number of ether oxygens (including phenoxy) is 1. The number of aliphatic carboxylic acids is 1. The fourth-order valence-electron chi connectivity index (χ4n) is 2.84. The summed E-state index contributed by atoms with van der Waals surface area (Å²) in [4.78, 5) is 23.2. The van der Waals surface area contributed by atoms with Crippen molar-refractivity contribution in [1.29, 1.82) is 0 Å². The van der Waals surface area contributed by atoms with E-state index in [0.29, 0.717) is 13.0 Å². The van der Waals surface area contributed by atoms with Crippen molar-refractivity contribution in [2.24, 2.45) is 5.92 Å². The molecule has 1 saturated carbocycles. The number of hydrogen-bond acceptors (Lipinski definition) is 3. The van der Waals surface area contributed by atoms with Crippen LogP contribution in [0.3, 0.4) is 0 Å². The predicted molar refractivity (Wildman–Crippen MR) is 82.8 cm³/mol. The lowest BCUT2D eigenvalue weighted by Gasteiger charge is -2.17. The number of amides is 1. The van der Waals surface area contributed by atoms with Crippen LogP contribution >= 0.6 is 0 Å². The summed E-state index contributed by atoms with van der Waals surface area (Å²) in [5.74, 6) is -0.650. The molecule has 2 rings (SSSR count). The van der Waals surface area contributed by atoms with Gasteiger partial charge in [0.25, 0.3) is 0 Å². The maximum Gasteiger partial charge on any atom is 0.308 e. The molecule has 1 aromatic carbocycles. The molecule has 0 heterocycles. The summed E-state index contributed by atoms with van der Waals surface area (Å²) in [6.07, 6.45) is 3.40. The van der Waals surface area contributed by atoms with E-state index in [2.05, 4.69) is 5.32 Å². The van der Waals surface area contributed by atoms with Crippen LogP contribution in [0.1, 0.15) is 38.2 Å². The van der Waals surface area contributed by atoms with Crippen LogP contribution in [0.4, 0.5) is 0 Å². The number of hydrogen-bond donors (Lipinski definition) is 2. The van der Waals surface area contributed by atoms with Crippen molar-refractivity contribution in [2.75, 3.05) is 6.61 Å². The lowest BCUT2D eigenvalue weighted by molar-refractivity contribution is -0.142. The predicted octanol–water partition coefficient (Wildman–Crippen LogP) is 2.39. The molecule has 2 atom stereocenters. The van der Waals surface area contributed by atoms with E-state index in [4.69, 9.17) is 9.84 Å². The number of carbonyl (C=O) groups is 2. The zero-order valence-electron chi connectivity index (χ0n) is 12.9. The molecule has 5 nitrogen and oxygen atoms in total. The highest BCUT2D eigenvalue weighted by Gasteiger charge is 2.33. The van der Waals surface area contributed by atoms with Crippen LogP contribution in [0.15, 0.2) is 24.3 Å². The Balaban J connectivity index is 1.90. The van der Waals surface area contributed by atoms with Crippen molar-refractivity contribution in [2.45, 2.75) is 45.1 Å². The highest BCUT2D eigenvalue weighted by molar-refractivity contribution is 5.80. The van der Waals surface area contributed by atoms with Crippen molar-refractivity contribution in [3.05, 3.63) is 29.8 Å². The topological polar surface area (TPSA) is 75.6 Å². The molecule has 0 spiro atoms. The molecule has 2 N–H and O–H groups in total. The highest BCUT2D eigenvalue weighted by Crippen LogP contribution is 2.26. The Hall–Kier alpha value is -2.04. The monoisotopic (exact) mass is 305 g/mol. The lowest BCUT2D eigenvalue weighted by Crippen LogP contribution is -2.40. The van der Waals surface area contributed by atoms with Gasteiger partial charge >= 0.3 is 5.97 Å². The zero-order valence-corrected chi connectivity index (χ0v) is 12.9. The molecule has 1 fully saturated rings. The van der Waals surface area contributed by atoms with Crippen LogP contribution < -0.4 is 10.1 Å². The Morgan fingerprint density at radius 1 is 1.36 bits per heavy atom. The molecular formula is C17H23NO4. The van der Waals surface area contributed by atoms with E-state index >= 15 is 0 Å². The lowest BCUT2D eigenvalue weighted by atomic mass is 10.0. The molecule has 0 aromatic heterocycles. The van der Waals surface area contributed by atoms with E-state index < -0.39 is 11.9 Å². The molecule has 0 bridgehead atoms. The third-order valence-electron chi connectivity index (χ3n) is 3.92. The van der Waals surface area contributed by atoms with E-state index in [1.807, 2.05) is 31.2 Å². The van der Waals surface area contributed by atoms with Gasteiger partial charge in [0.2, 0.25) is 5.91 Å². The van der Waals surface area contributed by atoms with Crippen LogP contribution in [-0.2, 0) is 16.0 Å². The molecule has 1 aliphatic rings. The average molecular weight is 305 g/mol. The molecule has 0 saturated heterocycles. The minimum Gasteiger partial charge on any atom is -0.494 e. The fraction of sp³-hybridized carbons (Fsp3) is 0.529. The molecule has 5 heteroatoms. The summed E-state index contributed by atoms with van der Waals surface area (Å²) in [5, 5.41) is 12.0. The van der Waals surface area contributed by atoms with Crippen molar-refractivity contribution in [3.63, 3.8) is 0 Å². The van der Waals surface area contributed by atoms with Gasteiger partial charge in [0.15, 0.2) is 0 Å². The Morgan fingerprint density at radius 2 is 2.18 bits per heavy atom. The highest BCUT2D eigenvalue weighted by atomic mass is 16.5. The van der Waals surface area contributed by atoms with Crippen molar-refractivity contribution >= 4 is 11.9 Å². The molecule has 22 heavy (non-hydrogen) atoms. The minimum atomic E-state index is -0.822. The van der Waals surface area contributed by atoms with Gasteiger partial charge in [-0.3, -0.25) is 9.59 Å². The summed E-state index contributed by atoms with van der Waals surface area (Å²) in [7, 11) is 0. The van der Waals surface area contributed by atoms with Gasteiger partial charge in [0.05, 0.1) is 18.9 Å². The Bertz CT molecular complexity index is 529. The van der Waals surface area contributed by atoms with Gasteiger partial charge in [-0.25, -0.2) is 0 Å². The van der Waals surface area contributed by atoms with Gasteiger partial charge in [-0.05, 0) is 37.0 Å². The smallest absolute Gasteiger partial charge is 0.308 e. The molecule has 120 valence electrons. The van der Waals surface area contributed by atoms with E-state index in [1.165, 1.54) is 0 Å². The summed E-state index contributed by atoms with van der Waals surface area (Å²) < 4.78 is 5.55. The second-order valence-corrected chi connectivity index (χ2v) is 5.72. The fourth-order valence-corrected chi connectivity index (χ4v) is 2.84. The maximum atomic E-state index is 12.1. The first kappa shape index (κ1) is 16.3. The number of rotatable bonds is 7. The SMILES string of the molecule is CCCOc1cccc(CC(=O)N[C@@H]2CCC[C@@H]2C(=O)O)c1. The molecular weight excluding hydrogens is 282 g/mol. The van der Waals surface area contributed by atoms with E-state index in [-0.39, 0.29) is 18.4 Å². The Labute approximate surface area is 130 Å². The summed E-state index contributed by atoms with van der Waals surface area (Å²) >= 11 is 0. The van der Waals surface area contributed by atoms with Crippen LogP contribution in [-0.4, -0.2) is 29.6 Å². The summed E-state index contributed by atoms with van der Waals surface area (Å²) in [6.45, 7) is 2.69.